The van der Waals surface area contributed by atoms with Gasteiger partial charge in [0.1, 0.15) is 5.75 Å². The van der Waals surface area contributed by atoms with Crippen molar-refractivity contribution in [2.45, 2.75) is 13.0 Å². The highest BCUT2D eigenvalue weighted by Gasteiger charge is 2.12. The lowest BCUT2D eigenvalue weighted by Crippen LogP contribution is -2.08. The fraction of sp³-hybridized carbons (Fsp3) is 0.167. The zero-order valence-electron chi connectivity index (χ0n) is 12.5. The van der Waals surface area contributed by atoms with Crippen LogP contribution in [0.4, 0.5) is 5.69 Å². The van der Waals surface area contributed by atoms with Crippen molar-refractivity contribution < 1.29 is 4.74 Å². The third-order valence-corrected chi connectivity index (χ3v) is 3.97. The number of ether oxygens (including phenoxy) is 1. The van der Waals surface area contributed by atoms with E-state index in [9.17, 15) is 0 Å². The van der Waals surface area contributed by atoms with Gasteiger partial charge in [-0.25, -0.2) is 0 Å². The molecule has 1 heterocycles. The first-order chi connectivity index (χ1) is 10.7. The van der Waals surface area contributed by atoms with Gasteiger partial charge in [-0.1, -0.05) is 41.9 Å². The summed E-state index contributed by atoms with van der Waals surface area (Å²) in [6.07, 6.45) is 1.69. The highest BCUT2D eigenvalue weighted by molar-refractivity contribution is 6.34. The molecule has 0 radical (unpaired) electrons. The largest absolute Gasteiger partial charge is 0.497 e. The molecular weight excluding hydrogens is 296 g/mol. The summed E-state index contributed by atoms with van der Waals surface area (Å²) in [6.45, 7) is 2.10. The van der Waals surface area contributed by atoms with Crippen molar-refractivity contribution in [3.8, 4) is 5.75 Å². The Morgan fingerprint density at radius 1 is 1.14 bits per heavy atom. The van der Waals surface area contributed by atoms with E-state index >= 15 is 0 Å². The van der Waals surface area contributed by atoms with E-state index < -0.39 is 0 Å². The summed E-state index contributed by atoms with van der Waals surface area (Å²) in [5.41, 5.74) is 2.96. The van der Waals surface area contributed by atoms with E-state index in [1.807, 2.05) is 42.5 Å². The third-order valence-electron chi connectivity index (χ3n) is 3.68. The summed E-state index contributed by atoms with van der Waals surface area (Å²) in [7, 11) is 1.67. The number of halogens is 1. The van der Waals surface area contributed by atoms with E-state index in [2.05, 4.69) is 23.3 Å². The predicted molar refractivity (Wildman–Crippen MR) is 91.8 cm³/mol. The first-order valence-corrected chi connectivity index (χ1v) is 7.50. The first-order valence-electron chi connectivity index (χ1n) is 7.13. The number of hydrogen-bond acceptors (Lipinski definition) is 3. The molecule has 3 aromatic rings. The number of rotatable bonds is 4. The number of nitrogens with one attached hydrogen (secondary N) is 1. The minimum Gasteiger partial charge on any atom is -0.497 e. The minimum atomic E-state index is 0.0957. The molecule has 1 atom stereocenters. The van der Waals surface area contributed by atoms with Crippen molar-refractivity contribution in [1.82, 2.24) is 4.98 Å². The molecule has 0 spiro atoms. The van der Waals surface area contributed by atoms with Crippen LogP contribution in [0.25, 0.3) is 10.9 Å². The Balaban J connectivity index is 1.97. The maximum atomic E-state index is 6.34. The van der Waals surface area contributed by atoms with Gasteiger partial charge in [-0.05, 0) is 30.7 Å². The molecule has 0 saturated carbocycles. The van der Waals surface area contributed by atoms with Crippen molar-refractivity contribution >= 4 is 28.2 Å². The topological polar surface area (TPSA) is 34.1 Å². The molecule has 3 nitrogen and oxygen atoms in total. The van der Waals surface area contributed by atoms with Crippen LogP contribution in [0.1, 0.15) is 18.5 Å². The normalized spacial score (nSPS) is 12.1. The Morgan fingerprint density at radius 2 is 1.95 bits per heavy atom. The molecule has 1 aromatic heterocycles. The molecule has 4 heteroatoms. The molecule has 0 aliphatic rings. The molecule has 0 saturated heterocycles. The fourth-order valence-electron chi connectivity index (χ4n) is 2.47. The molecule has 0 fully saturated rings. The smallest absolute Gasteiger partial charge is 0.119 e. The number of aromatic nitrogens is 1. The van der Waals surface area contributed by atoms with Crippen molar-refractivity contribution in [1.29, 1.82) is 0 Å². The molecule has 0 amide bonds. The quantitative estimate of drug-likeness (QED) is 0.730. The van der Waals surface area contributed by atoms with Crippen LogP contribution in [0.5, 0.6) is 5.75 Å². The van der Waals surface area contributed by atoms with Crippen LogP contribution in [0.15, 0.2) is 54.7 Å². The molecule has 2 aromatic carbocycles. The van der Waals surface area contributed by atoms with Gasteiger partial charge >= 0.3 is 0 Å². The molecule has 1 N–H and O–H groups in total. The van der Waals surface area contributed by atoms with Gasteiger partial charge in [0.25, 0.3) is 0 Å². The Bertz CT molecular complexity index is 804. The summed E-state index contributed by atoms with van der Waals surface area (Å²) in [5.74, 6) is 0.844. The van der Waals surface area contributed by atoms with Gasteiger partial charge in [-0.3, -0.25) is 4.98 Å². The monoisotopic (exact) mass is 312 g/mol. The predicted octanol–water partition coefficient (Wildman–Crippen LogP) is 5.07. The van der Waals surface area contributed by atoms with E-state index in [-0.39, 0.29) is 6.04 Å². The van der Waals surface area contributed by atoms with E-state index in [0.717, 1.165) is 27.9 Å². The Kier molecular flexibility index (Phi) is 4.16. The van der Waals surface area contributed by atoms with Gasteiger partial charge in [0, 0.05) is 17.6 Å². The van der Waals surface area contributed by atoms with Gasteiger partial charge in [0.05, 0.1) is 23.3 Å². The lowest BCUT2D eigenvalue weighted by molar-refractivity contribution is 0.414. The van der Waals surface area contributed by atoms with Crippen molar-refractivity contribution in [2.24, 2.45) is 0 Å². The van der Waals surface area contributed by atoms with Crippen LogP contribution in [-0.4, -0.2) is 12.1 Å². The Labute approximate surface area is 134 Å². The van der Waals surface area contributed by atoms with Crippen LogP contribution >= 0.6 is 11.6 Å². The zero-order valence-corrected chi connectivity index (χ0v) is 13.3. The summed E-state index contributed by atoms with van der Waals surface area (Å²) in [6, 6.07) is 16.1. The molecule has 0 bridgehead atoms. The standard InChI is InChI=1S/C18H17ClN2O/c1-12(13-6-5-7-14(10-13)22-2)21-18-15-8-3-4-9-17(15)20-11-16(18)19/h3-12H,1-2H3,(H,20,21)/t12-/m1/s1. The van der Waals surface area contributed by atoms with Gasteiger partial charge in [-0.15, -0.1) is 0 Å². The number of nitrogens with zero attached hydrogens (tertiary/aromatic N) is 1. The summed E-state index contributed by atoms with van der Waals surface area (Å²) >= 11 is 6.34. The Hall–Kier alpha value is -2.26. The fourth-order valence-corrected chi connectivity index (χ4v) is 2.68. The van der Waals surface area contributed by atoms with Crippen LogP contribution in [-0.2, 0) is 0 Å². The van der Waals surface area contributed by atoms with E-state index in [0.29, 0.717) is 5.02 Å². The van der Waals surface area contributed by atoms with E-state index in [4.69, 9.17) is 16.3 Å². The molecule has 0 aliphatic carbocycles. The number of fused-ring (bicyclic) bond motifs is 1. The molecule has 22 heavy (non-hydrogen) atoms. The third kappa shape index (κ3) is 2.85. The molecule has 112 valence electrons. The van der Waals surface area contributed by atoms with Crippen molar-refractivity contribution in [3.05, 3.63) is 65.3 Å². The average molecular weight is 313 g/mol. The van der Waals surface area contributed by atoms with E-state index in [1.165, 1.54) is 0 Å². The number of benzene rings is 2. The van der Waals surface area contributed by atoms with Gasteiger partial charge in [0.15, 0.2) is 0 Å². The first kappa shape index (κ1) is 14.7. The minimum absolute atomic E-state index is 0.0957. The van der Waals surface area contributed by atoms with Crippen LogP contribution < -0.4 is 10.1 Å². The number of hydrogen-bond donors (Lipinski definition) is 1. The zero-order chi connectivity index (χ0) is 15.5. The molecule has 3 rings (SSSR count). The maximum Gasteiger partial charge on any atom is 0.119 e. The Morgan fingerprint density at radius 3 is 2.77 bits per heavy atom. The van der Waals surface area contributed by atoms with Gasteiger partial charge in [0.2, 0.25) is 0 Å². The lowest BCUT2D eigenvalue weighted by atomic mass is 10.1. The number of anilines is 1. The highest BCUT2D eigenvalue weighted by Crippen LogP contribution is 2.32. The SMILES string of the molecule is COc1cccc([C@@H](C)Nc2c(Cl)cnc3ccccc23)c1. The van der Waals surface area contributed by atoms with Crippen LogP contribution in [0.2, 0.25) is 5.02 Å². The van der Waals surface area contributed by atoms with Gasteiger partial charge < -0.3 is 10.1 Å². The van der Waals surface area contributed by atoms with Crippen LogP contribution in [0.3, 0.4) is 0 Å². The average Bonchev–Trinajstić information content (AvgIpc) is 2.57. The highest BCUT2D eigenvalue weighted by atomic mass is 35.5. The van der Waals surface area contributed by atoms with Gasteiger partial charge in [-0.2, -0.15) is 0 Å². The lowest BCUT2D eigenvalue weighted by Gasteiger charge is -2.19. The van der Waals surface area contributed by atoms with Crippen LogP contribution in [0, 0.1) is 0 Å². The maximum absolute atomic E-state index is 6.34. The number of methoxy groups -OCH3 is 1. The van der Waals surface area contributed by atoms with Crippen molar-refractivity contribution in [2.75, 3.05) is 12.4 Å². The summed E-state index contributed by atoms with van der Waals surface area (Å²) in [4.78, 5) is 4.36. The molecular formula is C18H17ClN2O. The number of pyridine rings is 1. The molecule has 0 aliphatic heterocycles. The summed E-state index contributed by atoms with van der Waals surface area (Å²) in [5, 5.41) is 5.13. The second kappa shape index (κ2) is 6.24. The number of para-hydroxylation sites is 1. The second-order valence-electron chi connectivity index (χ2n) is 5.14. The summed E-state index contributed by atoms with van der Waals surface area (Å²) < 4.78 is 5.29. The second-order valence-corrected chi connectivity index (χ2v) is 5.55. The molecule has 0 unspecified atom stereocenters. The van der Waals surface area contributed by atoms with Crippen molar-refractivity contribution in [3.63, 3.8) is 0 Å². The van der Waals surface area contributed by atoms with E-state index in [1.54, 1.807) is 13.3 Å².